The fourth-order valence-electron chi connectivity index (χ4n) is 1.14. The van der Waals surface area contributed by atoms with Gasteiger partial charge in [0.1, 0.15) is 0 Å². The molecule has 0 aliphatic rings. The van der Waals surface area contributed by atoms with Gasteiger partial charge in [-0.15, -0.1) is 0 Å². The molecular formula is C8H8F3NOS. The highest BCUT2D eigenvalue weighted by molar-refractivity contribution is 8.00. The first-order chi connectivity index (χ1) is 6.35. The second-order valence-electron chi connectivity index (χ2n) is 2.78. The largest absolute Gasteiger partial charge is 0.446 e. The van der Waals surface area contributed by atoms with E-state index in [9.17, 15) is 18.0 Å². The SMILES string of the molecule is Cc1[nH]c(C=O)c(C)c1SC(F)(F)F. The van der Waals surface area contributed by atoms with Gasteiger partial charge in [0, 0.05) is 10.6 Å². The summed E-state index contributed by atoms with van der Waals surface area (Å²) in [5.74, 6) is 0. The molecule has 0 saturated heterocycles. The molecule has 1 rings (SSSR count). The number of rotatable bonds is 2. The van der Waals surface area contributed by atoms with E-state index in [4.69, 9.17) is 0 Å². The molecule has 0 atom stereocenters. The number of hydrogen-bond donors (Lipinski definition) is 1. The summed E-state index contributed by atoms with van der Waals surface area (Å²) < 4.78 is 36.2. The molecule has 0 aromatic carbocycles. The van der Waals surface area contributed by atoms with Crippen LogP contribution in [-0.2, 0) is 0 Å². The highest BCUT2D eigenvalue weighted by Crippen LogP contribution is 2.40. The predicted octanol–water partition coefficient (Wildman–Crippen LogP) is 3.06. The monoisotopic (exact) mass is 223 g/mol. The average Bonchev–Trinajstić information content (AvgIpc) is 2.29. The van der Waals surface area contributed by atoms with Gasteiger partial charge in [-0.05, 0) is 31.2 Å². The maximum Gasteiger partial charge on any atom is 0.446 e. The lowest BCUT2D eigenvalue weighted by Gasteiger charge is -2.05. The Kier molecular flexibility index (Phi) is 2.94. The molecule has 78 valence electrons. The van der Waals surface area contributed by atoms with Crippen LogP contribution in [0, 0.1) is 13.8 Å². The molecule has 0 saturated carbocycles. The van der Waals surface area contributed by atoms with Crippen molar-refractivity contribution >= 4 is 18.0 Å². The minimum absolute atomic E-state index is 0.0830. The molecular weight excluding hydrogens is 215 g/mol. The summed E-state index contributed by atoms with van der Waals surface area (Å²) in [6.07, 6.45) is 0.517. The number of hydrogen-bond acceptors (Lipinski definition) is 2. The number of alkyl halides is 3. The van der Waals surface area contributed by atoms with Crippen molar-refractivity contribution in [1.82, 2.24) is 4.98 Å². The summed E-state index contributed by atoms with van der Waals surface area (Å²) in [5.41, 5.74) is -3.40. The molecule has 0 aliphatic heterocycles. The molecule has 0 bridgehead atoms. The molecule has 0 amide bonds. The van der Waals surface area contributed by atoms with Gasteiger partial charge in [-0.25, -0.2) is 0 Å². The van der Waals surface area contributed by atoms with Crippen molar-refractivity contribution < 1.29 is 18.0 Å². The van der Waals surface area contributed by atoms with Gasteiger partial charge in [0.2, 0.25) is 0 Å². The van der Waals surface area contributed by atoms with Gasteiger partial charge >= 0.3 is 5.51 Å². The fourth-order valence-corrected chi connectivity index (χ4v) is 1.84. The van der Waals surface area contributed by atoms with Crippen molar-refractivity contribution in [3.8, 4) is 0 Å². The third-order valence-electron chi connectivity index (χ3n) is 1.74. The first kappa shape index (κ1) is 11.2. The number of carbonyl (C=O) groups excluding carboxylic acids is 1. The van der Waals surface area contributed by atoms with Crippen LogP contribution in [-0.4, -0.2) is 16.8 Å². The minimum atomic E-state index is -4.32. The van der Waals surface area contributed by atoms with Crippen LogP contribution in [0.15, 0.2) is 4.90 Å². The lowest BCUT2D eigenvalue weighted by atomic mass is 10.3. The molecule has 6 heteroatoms. The third kappa shape index (κ3) is 2.31. The zero-order chi connectivity index (χ0) is 10.9. The maximum atomic E-state index is 12.1. The van der Waals surface area contributed by atoms with Gasteiger partial charge in [0.05, 0.1) is 5.69 Å². The Balaban J connectivity index is 3.08. The molecule has 0 fully saturated rings. The molecule has 14 heavy (non-hydrogen) atoms. The Morgan fingerprint density at radius 2 is 1.93 bits per heavy atom. The van der Waals surface area contributed by atoms with Crippen LogP contribution in [0.2, 0.25) is 0 Å². The van der Waals surface area contributed by atoms with Gasteiger partial charge < -0.3 is 4.98 Å². The maximum absolute atomic E-state index is 12.1. The lowest BCUT2D eigenvalue weighted by Crippen LogP contribution is -2.00. The lowest BCUT2D eigenvalue weighted by molar-refractivity contribution is -0.0328. The number of halogens is 3. The standard InChI is InChI=1S/C8H8F3NOS/c1-4-6(3-13)12-5(2)7(4)14-8(9,10)11/h3,12H,1-2H3. The molecule has 0 spiro atoms. The van der Waals surface area contributed by atoms with Gasteiger partial charge in [-0.1, -0.05) is 0 Å². The van der Waals surface area contributed by atoms with E-state index in [0.717, 1.165) is 0 Å². The normalized spacial score (nSPS) is 11.8. The molecule has 0 aliphatic carbocycles. The smallest absolute Gasteiger partial charge is 0.355 e. The molecule has 1 N–H and O–H groups in total. The third-order valence-corrected chi connectivity index (χ3v) is 2.79. The number of aromatic nitrogens is 1. The number of aryl methyl sites for hydroxylation is 1. The van der Waals surface area contributed by atoms with Crippen molar-refractivity contribution in [3.63, 3.8) is 0 Å². The van der Waals surface area contributed by atoms with Gasteiger partial charge in [0.25, 0.3) is 0 Å². The molecule has 0 unspecified atom stereocenters. The highest BCUT2D eigenvalue weighted by Gasteiger charge is 2.31. The summed E-state index contributed by atoms with van der Waals surface area (Å²) in [5, 5.41) is 0. The van der Waals surface area contributed by atoms with Gasteiger partial charge in [0.15, 0.2) is 6.29 Å². The van der Waals surface area contributed by atoms with E-state index in [1.807, 2.05) is 0 Å². The topological polar surface area (TPSA) is 32.9 Å². The zero-order valence-corrected chi connectivity index (χ0v) is 8.34. The first-order valence-corrected chi connectivity index (χ1v) is 4.57. The minimum Gasteiger partial charge on any atom is -0.355 e. The van der Waals surface area contributed by atoms with E-state index >= 15 is 0 Å². The van der Waals surface area contributed by atoms with Crippen LogP contribution in [0.3, 0.4) is 0 Å². The van der Waals surface area contributed by atoms with Crippen LogP contribution in [0.4, 0.5) is 13.2 Å². The van der Waals surface area contributed by atoms with Crippen molar-refractivity contribution in [2.45, 2.75) is 24.3 Å². The Bertz CT molecular complexity index is 356. The molecule has 1 aromatic heterocycles. The zero-order valence-electron chi connectivity index (χ0n) is 7.53. The molecule has 1 heterocycles. The second kappa shape index (κ2) is 3.68. The van der Waals surface area contributed by atoms with E-state index in [1.54, 1.807) is 0 Å². The summed E-state index contributed by atoms with van der Waals surface area (Å²) in [6.45, 7) is 3.00. The number of H-pyrrole nitrogens is 1. The average molecular weight is 223 g/mol. The summed E-state index contributed by atoms with van der Waals surface area (Å²) in [6, 6.07) is 0. The van der Waals surface area contributed by atoms with Crippen LogP contribution < -0.4 is 0 Å². The summed E-state index contributed by atoms with van der Waals surface area (Å²) in [7, 11) is 0. The Labute approximate surface area is 82.9 Å². The van der Waals surface area contributed by atoms with Crippen LogP contribution in [0.1, 0.15) is 21.7 Å². The fraction of sp³-hybridized carbons (Fsp3) is 0.375. The number of thioether (sulfide) groups is 1. The van der Waals surface area contributed by atoms with E-state index < -0.39 is 5.51 Å². The van der Waals surface area contributed by atoms with E-state index in [-0.39, 0.29) is 22.4 Å². The van der Waals surface area contributed by atoms with E-state index in [1.165, 1.54) is 13.8 Å². The quantitative estimate of drug-likeness (QED) is 0.617. The summed E-state index contributed by atoms with van der Waals surface area (Å²) >= 11 is -0.200. The summed E-state index contributed by atoms with van der Waals surface area (Å²) in [4.78, 5) is 13.1. The molecule has 2 nitrogen and oxygen atoms in total. The second-order valence-corrected chi connectivity index (χ2v) is 3.86. The van der Waals surface area contributed by atoms with Crippen LogP contribution >= 0.6 is 11.8 Å². The van der Waals surface area contributed by atoms with E-state index in [0.29, 0.717) is 17.5 Å². The van der Waals surface area contributed by atoms with Gasteiger partial charge in [-0.2, -0.15) is 13.2 Å². The Morgan fingerprint density at radius 1 is 1.36 bits per heavy atom. The van der Waals surface area contributed by atoms with Crippen molar-refractivity contribution in [2.24, 2.45) is 0 Å². The van der Waals surface area contributed by atoms with Crippen molar-refractivity contribution in [1.29, 1.82) is 0 Å². The Hall–Kier alpha value is -0.910. The van der Waals surface area contributed by atoms with Crippen LogP contribution in [0.5, 0.6) is 0 Å². The van der Waals surface area contributed by atoms with Crippen molar-refractivity contribution in [2.75, 3.05) is 0 Å². The number of carbonyl (C=O) groups is 1. The number of nitrogens with one attached hydrogen (secondary N) is 1. The van der Waals surface area contributed by atoms with Crippen molar-refractivity contribution in [3.05, 3.63) is 17.0 Å². The van der Waals surface area contributed by atoms with E-state index in [2.05, 4.69) is 4.98 Å². The first-order valence-electron chi connectivity index (χ1n) is 3.75. The predicted molar refractivity (Wildman–Crippen MR) is 47.6 cm³/mol. The van der Waals surface area contributed by atoms with Crippen LogP contribution in [0.25, 0.3) is 0 Å². The number of aromatic amines is 1. The number of aldehydes is 1. The molecule has 1 aromatic rings. The molecule has 0 radical (unpaired) electrons. The highest BCUT2D eigenvalue weighted by atomic mass is 32.2. The van der Waals surface area contributed by atoms with Gasteiger partial charge in [-0.3, -0.25) is 4.79 Å². The Morgan fingerprint density at radius 3 is 2.29 bits per heavy atom.